The highest BCUT2D eigenvalue weighted by Crippen LogP contribution is 2.31. The second kappa shape index (κ2) is 6.71. The van der Waals surface area contributed by atoms with E-state index in [-0.39, 0.29) is 24.2 Å². The van der Waals surface area contributed by atoms with Crippen LogP contribution in [0, 0.1) is 0 Å². The lowest BCUT2D eigenvalue weighted by molar-refractivity contribution is -0.122. The van der Waals surface area contributed by atoms with Crippen molar-refractivity contribution in [1.82, 2.24) is 14.5 Å². The van der Waals surface area contributed by atoms with Crippen LogP contribution in [-0.4, -0.2) is 21.6 Å². The fourth-order valence-electron chi connectivity index (χ4n) is 3.61. The lowest BCUT2D eigenvalue weighted by Gasteiger charge is -2.26. The minimum absolute atomic E-state index is 0.00582. The summed E-state index contributed by atoms with van der Waals surface area (Å²) in [5.74, 6) is 0.636. The van der Waals surface area contributed by atoms with Gasteiger partial charge in [-0.3, -0.25) is 13.9 Å². The molecule has 1 aromatic heterocycles. The number of hydrogen-bond donors (Lipinski definition) is 1. The van der Waals surface area contributed by atoms with Crippen LogP contribution >= 0.6 is 0 Å². The Balaban J connectivity index is 1.60. The van der Waals surface area contributed by atoms with Gasteiger partial charge in [-0.05, 0) is 25.1 Å². The lowest BCUT2D eigenvalue weighted by Crippen LogP contribution is -2.36. The first-order valence-electron chi connectivity index (χ1n) is 8.88. The Labute approximate surface area is 151 Å². The second-order valence-electron chi connectivity index (χ2n) is 6.40. The third-order valence-corrected chi connectivity index (χ3v) is 4.84. The van der Waals surface area contributed by atoms with Crippen molar-refractivity contribution < 1.29 is 9.53 Å². The van der Waals surface area contributed by atoms with E-state index in [2.05, 4.69) is 5.32 Å². The molecule has 0 aliphatic carbocycles. The molecule has 26 heavy (non-hydrogen) atoms. The summed E-state index contributed by atoms with van der Waals surface area (Å²) in [5.41, 5.74) is 2.46. The predicted octanol–water partition coefficient (Wildman–Crippen LogP) is 2.46. The van der Waals surface area contributed by atoms with Gasteiger partial charge in [-0.1, -0.05) is 30.3 Å². The molecule has 1 atom stereocenters. The van der Waals surface area contributed by atoms with E-state index in [9.17, 15) is 9.59 Å². The van der Waals surface area contributed by atoms with E-state index in [1.54, 1.807) is 9.13 Å². The van der Waals surface area contributed by atoms with E-state index >= 15 is 0 Å². The predicted molar refractivity (Wildman–Crippen MR) is 99.3 cm³/mol. The lowest BCUT2D eigenvalue weighted by atomic mass is 10.0. The third-order valence-electron chi connectivity index (χ3n) is 4.84. The first-order valence-corrected chi connectivity index (χ1v) is 8.88. The molecular weight excluding hydrogens is 330 g/mol. The van der Waals surface area contributed by atoms with Crippen LogP contribution in [-0.2, 0) is 17.9 Å². The molecule has 1 aliphatic rings. The van der Waals surface area contributed by atoms with Crippen molar-refractivity contribution in [2.75, 3.05) is 6.61 Å². The van der Waals surface area contributed by atoms with Crippen LogP contribution in [0.4, 0.5) is 0 Å². The third kappa shape index (κ3) is 2.77. The van der Waals surface area contributed by atoms with Crippen LogP contribution < -0.4 is 15.7 Å². The van der Waals surface area contributed by atoms with E-state index in [4.69, 9.17) is 4.74 Å². The first-order chi connectivity index (χ1) is 12.7. The Morgan fingerprint density at radius 3 is 2.58 bits per heavy atom. The van der Waals surface area contributed by atoms with Gasteiger partial charge in [0.05, 0.1) is 23.7 Å². The first kappa shape index (κ1) is 16.4. The molecule has 3 aromatic rings. The summed E-state index contributed by atoms with van der Waals surface area (Å²) in [5, 5.41) is 3.05. The van der Waals surface area contributed by atoms with Gasteiger partial charge in [-0.15, -0.1) is 0 Å². The summed E-state index contributed by atoms with van der Waals surface area (Å²) in [6.45, 7) is 3.07. The van der Waals surface area contributed by atoms with Crippen molar-refractivity contribution in [3.63, 3.8) is 0 Å². The highest BCUT2D eigenvalue weighted by Gasteiger charge is 2.23. The monoisotopic (exact) mass is 351 g/mol. The molecule has 1 amide bonds. The number of carbonyl (C=O) groups is 1. The summed E-state index contributed by atoms with van der Waals surface area (Å²) in [6, 6.07) is 15.2. The maximum atomic E-state index is 12.7. The van der Waals surface area contributed by atoms with Crippen molar-refractivity contribution in [3.05, 3.63) is 64.6 Å². The summed E-state index contributed by atoms with van der Waals surface area (Å²) in [7, 11) is 0. The largest absolute Gasteiger partial charge is 0.493 e. The van der Waals surface area contributed by atoms with Crippen molar-refractivity contribution in [2.45, 2.75) is 32.5 Å². The van der Waals surface area contributed by atoms with Crippen LogP contribution in [0.1, 0.15) is 24.9 Å². The molecule has 1 N–H and O–H groups in total. The normalized spacial score (nSPS) is 16.1. The standard InChI is InChI=1S/C20H21N3O3/c1-2-22-16-8-4-5-9-17(16)23(20(22)25)13-19(24)21-15-11-12-26-18-10-6-3-7-14(15)18/h3-10,15H,2,11-13H2,1H3,(H,21,24). The molecule has 1 aliphatic heterocycles. The molecule has 1 unspecified atom stereocenters. The number of ether oxygens (including phenoxy) is 1. The number of benzene rings is 2. The number of hydrogen-bond acceptors (Lipinski definition) is 3. The number of nitrogens with zero attached hydrogens (tertiary/aromatic N) is 2. The number of aromatic nitrogens is 2. The second-order valence-corrected chi connectivity index (χ2v) is 6.40. The van der Waals surface area contributed by atoms with Crippen molar-refractivity contribution in [1.29, 1.82) is 0 Å². The van der Waals surface area contributed by atoms with Crippen LogP contribution in [0.2, 0.25) is 0 Å². The number of carbonyl (C=O) groups excluding carboxylic acids is 1. The fraction of sp³-hybridized carbons (Fsp3) is 0.300. The molecular formula is C20H21N3O3. The average Bonchev–Trinajstić information content (AvgIpc) is 2.93. The van der Waals surface area contributed by atoms with Crippen LogP contribution in [0.25, 0.3) is 11.0 Å². The molecule has 0 saturated heterocycles. The topological polar surface area (TPSA) is 65.3 Å². The molecule has 0 bridgehead atoms. The van der Waals surface area contributed by atoms with E-state index in [1.165, 1.54) is 0 Å². The van der Waals surface area contributed by atoms with Crippen LogP contribution in [0.5, 0.6) is 5.75 Å². The van der Waals surface area contributed by atoms with Gasteiger partial charge in [0.25, 0.3) is 0 Å². The SMILES string of the molecule is CCn1c(=O)n(CC(=O)NC2CCOc3ccccc32)c2ccccc21. The fourth-order valence-corrected chi connectivity index (χ4v) is 3.61. The molecule has 2 aromatic carbocycles. The van der Waals surface area contributed by atoms with E-state index in [0.717, 1.165) is 22.3 Å². The van der Waals surface area contributed by atoms with E-state index in [1.807, 2.05) is 55.5 Å². The number of rotatable bonds is 4. The highest BCUT2D eigenvalue weighted by atomic mass is 16.5. The van der Waals surface area contributed by atoms with Gasteiger partial charge < -0.3 is 10.1 Å². The Hall–Kier alpha value is -3.02. The molecule has 0 fully saturated rings. The van der Waals surface area contributed by atoms with Gasteiger partial charge in [-0.25, -0.2) is 4.79 Å². The zero-order valence-electron chi connectivity index (χ0n) is 14.6. The molecule has 6 heteroatoms. The van der Waals surface area contributed by atoms with E-state index < -0.39 is 0 Å². The summed E-state index contributed by atoms with van der Waals surface area (Å²) >= 11 is 0. The Bertz CT molecular complexity index is 1020. The van der Waals surface area contributed by atoms with Crippen LogP contribution in [0.15, 0.2) is 53.3 Å². The van der Waals surface area contributed by atoms with Crippen molar-refractivity contribution >= 4 is 16.9 Å². The van der Waals surface area contributed by atoms with Crippen molar-refractivity contribution in [3.8, 4) is 5.75 Å². The molecule has 0 spiro atoms. The molecule has 6 nitrogen and oxygen atoms in total. The van der Waals surface area contributed by atoms with E-state index in [0.29, 0.717) is 19.6 Å². The van der Waals surface area contributed by atoms with Gasteiger partial charge >= 0.3 is 5.69 Å². The number of imidazole rings is 1. The molecule has 134 valence electrons. The number of fused-ring (bicyclic) bond motifs is 2. The average molecular weight is 351 g/mol. The molecule has 4 rings (SSSR count). The van der Waals surface area contributed by atoms with Gasteiger partial charge in [0.1, 0.15) is 12.3 Å². The molecule has 0 saturated carbocycles. The van der Waals surface area contributed by atoms with Gasteiger partial charge in [-0.2, -0.15) is 0 Å². The Morgan fingerprint density at radius 1 is 1.12 bits per heavy atom. The number of nitrogens with one attached hydrogen (secondary N) is 1. The molecule has 0 radical (unpaired) electrons. The number of amides is 1. The highest BCUT2D eigenvalue weighted by molar-refractivity contribution is 5.81. The Kier molecular flexibility index (Phi) is 4.24. The van der Waals surface area contributed by atoms with Gasteiger partial charge in [0.15, 0.2) is 0 Å². The maximum absolute atomic E-state index is 12.7. The van der Waals surface area contributed by atoms with Crippen LogP contribution in [0.3, 0.4) is 0 Å². The van der Waals surface area contributed by atoms with Gasteiger partial charge in [0, 0.05) is 18.5 Å². The van der Waals surface area contributed by atoms with Crippen molar-refractivity contribution in [2.24, 2.45) is 0 Å². The zero-order valence-corrected chi connectivity index (χ0v) is 14.6. The minimum Gasteiger partial charge on any atom is -0.493 e. The van der Waals surface area contributed by atoms with Gasteiger partial charge in [0.2, 0.25) is 5.91 Å². The summed E-state index contributed by atoms with van der Waals surface area (Å²) in [4.78, 5) is 25.3. The Morgan fingerprint density at radius 2 is 1.81 bits per heavy atom. The quantitative estimate of drug-likeness (QED) is 0.785. The summed E-state index contributed by atoms with van der Waals surface area (Å²) in [6.07, 6.45) is 0.717. The smallest absolute Gasteiger partial charge is 0.329 e. The minimum atomic E-state index is -0.173. The summed E-state index contributed by atoms with van der Waals surface area (Å²) < 4.78 is 8.87. The number of para-hydroxylation sites is 3. The molecule has 2 heterocycles. The number of aryl methyl sites for hydroxylation is 1. The zero-order chi connectivity index (χ0) is 18.1. The maximum Gasteiger partial charge on any atom is 0.329 e.